The first kappa shape index (κ1) is 20.8. The minimum atomic E-state index is -0.208. The number of aliphatic imine (C=N–C) groups is 1. The topological polar surface area (TPSA) is 12.4 Å². The summed E-state index contributed by atoms with van der Waals surface area (Å²) >= 11 is 3.38. The molecule has 0 saturated carbocycles. The Bertz CT molecular complexity index is 717. The van der Waals surface area contributed by atoms with Crippen molar-refractivity contribution in [2.75, 3.05) is 5.75 Å². The molecule has 0 N–H and O–H groups in total. The SMILES string of the molecule is CCC(CC)CSC(C=CSc1ccc(F)cc1)=Nc1ccc(C)cc1. The van der Waals surface area contributed by atoms with Gasteiger partial charge in [-0.1, -0.05) is 56.1 Å². The molecule has 138 valence electrons. The van der Waals surface area contributed by atoms with Crippen molar-refractivity contribution in [3.05, 3.63) is 71.4 Å². The maximum absolute atomic E-state index is 13.0. The summed E-state index contributed by atoms with van der Waals surface area (Å²) in [6.45, 7) is 6.56. The van der Waals surface area contributed by atoms with Gasteiger partial charge < -0.3 is 0 Å². The van der Waals surface area contributed by atoms with Crippen molar-refractivity contribution in [2.24, 2.45) is 10.9 Å². The third-order valence-corrected chi connectivity index (χ3v) is 6.10. The first-order valence-electron chi connectivity index (χ1n) is 8.97. The second kappa shape index (κ2) is 11.2. The summed E-state index contributed by atoms with van der Waals surface area (Å²) in [7, 11) is 0. The molecule has 0 unspecified atom stereocenters. The maximum Gasteiger partial charge on any atom is 0.123 e. The quantitative estimate of drug-likeness (QED) is 0.262. The molecule has 0 amide bonds. The van der Waals surface area contributed by atoms with Crippen LogP contribution in [0.5, 0.6) is 0 Å². The summed E-state index contributed by atoms with van der Waals surface area (Å²) < 4.78 is 13.0. The number of halogens is 1. The molecule has 2 aromatic carbocycles. The lowest BCUT2D eigenvalue weighted by Crippen LogP contribution is -2.02. The van der Waals surface area contributed by atoms with Crippen molar-refractivity contribution < 1.29 is 4.39 Å². The third-order valence-electron chi connectivity index (χ3n) is 4.12. The predicted molar refractivity (Wildman–Crippen MR) is 116 cm³/mol. The van der Waals surface area contributed by atoms with E-state index in [9.17, 15) is 4.39 Å². The van der Waals surface area contributed by atoms with E-state index in [0.717, 1.165) is 21.4 Å². The van der Waals surface area contributed by atoms with Crippen LogP contribution in [-0.2, 0) is 0 Å². The van der Waals surface area contributed by atoms with Crippen LogP contribution < -0.4 is 0 Å². The minimum absolute atomic E-state index is 0.208. The van der Waals surface area contributed by atoms with E-state index in [0.29, 0.717) is 5.92 Å². The summed E-state index contributed by atoms with van der Waals surface area (Å²) in [5.74, 6) is 1.57. The summed E-state index contributed by atoms with van der Waals surface area (Å²) in [4.78, 5) is 5.82. The fourth-order valence-electron chi connectivity index (χ4n) is 2.28. The van der Waals surface area contributed by atoms with Crippen molar-refractivity contribution in [3.8, 4) is 0 Å². The number of hydrogen-bond acceptors (Lipinski definition) is 3. The van der Waals surface area contributed by atoms with E-state index in [2.05, 4.69) is 39.0 Å². The van der Waals surface area contributed by atoms with Crippen LogP contribution in [0.2, 0.25) is 0 Å². The molecule has 0 bridgehead atoms. The van der Waals surface area contributed by atoms with E-state index in [1.807, 2.05) is 17.5 Å². The molecule has 0 aromatic heterocycles. The Labute approximate surface area is 165 Å². The van der Waals surface area contributed by atoms with Gasteiger partial charge in [-0.05, 0) is 60.7 Å². The van der Waals surface area contributed by atoms with Crippen LogP contribution in [0, 0.1) is 18.7 Å². The number of rotatable bonds is 8. The number of benzene rings is 2. The van der Waals surface area contributed by atoms with Gasteiger partial charge in [-0.15, -0.1) is 11.8 Å². The van der Waals surface area contributed by atoms with Crippen molar-refractivity contribution in [1.29, 1.82) is 0 Å². The third kappa shape index (κ3) is 7.38. The highest BCUT2D eigenvalue weighted by Crippen LogP contribution is 2.24. The standard InChI is InChI=1S/C22H26FNS2/c1-4-18(5-2)16-26-22(24-20-10-6-17(3)7-11-20)14-15-25-21-12-8-19(23)9-13-21/h6-15,18H,4-5,16H2,1-3H3. The van der Waals surface area contributed by atoms with Crippen molar-refractivity contribution in [1.82, 2.24) is 0 Å². The first-order chi connectivity index (χ1) is 12.6. The van der Waals surface area contributed by atoms with Crippen LogP contribution in [0.1, 0.15) is 32.3 Å². The zero-order valence-corrected chi connectivity index (χ0v) is 17.2. The van der Waals surface area contributed by atoms with Gasteiger partial charge in [-0.3, -0.25) is 0 Å². The minimum Gasteiger partial charge on any atom is -0.242 e. The molecule has 0 aliphatic rings. The van der Waals surface area contributed by atoms with Gasteiger partial charge >= 0.3 is 0 Å². The monoisotopic (exact) mass is 387 g/mol. The van der Waals surface area contributed by atoms with Gasteiger partial charge in [-0.25, -0.2) is 9.38 Å². The smallest absolute Gasteiger partial charge is 0.123 e. The Morgan fingerprint density at radius 1 is 1.04 bits per heavy atom. The average molecular weight is 388 g/mol. The molecule has 0 atom stereocenters. The molecular weight excluding hydrogens is 361 g/mol. The lowest BCUT2D eigenvalue weighted by atomic mass is 10.1. The van der Waals surface area contributed by atoms with Gasteiger partial charge in [0.15, 0.2) is 0 Å². The van der Waals surface area contributed by atoms with E-state index in [-0.39, 0.29) is 5.82 Å². The highest BCUT2D eigenvalue weighted by atomic mass is 32.2. The largest absolute Gasteiger partial charge is 0.242 e. The molecule has 1 nitrogen and oxygen atoms in total. The average Bonchev–Trinajstić information content (AvgIpc) is 2.65. The summed E-state index contributed by atoms with van der Waals surface area (Å²) in [5.41, 5.74) is 2.21. The van der Waals surface area contributed by atoms with E-state index < -0.39 is 0 Å². The lowest BCUT2D eigenvalue weighted by Gasteiger charge is -2.11. The van der Waals surface area contributed by atoms with E-state index in [1.165, 1.54) is 30.5 Å². The molecule has 0 radical (unpaired) electrons. The van der Waals surface area contributed by atoms with Crippen LogP contribution in [0.25, 0.3) is 0 Å². The maximum atomic E-state index is 13.0. The first-order valence-corrected chi connectivity index (χ1v) is 10.8. The molecule has 0 fully saturated rings. The van der Waals surface area contributed by atoms with Crippen LogP contribution in [0.3, 0.4) is 0 Å². The molecular formula is C22H26FNS2. The molecule has 0 aliphatic carbocycles. The Kier molecular flexibility index (Phi) is 8.99. The Balaban J connectivity index is 2.09. The van der Waals surface area contributed by atoms with Crippen LogP contribution in [-0.4, -0.2) is 10.8 Å². The Morgan fingerprint density at radius 3 is 2.31 bits per heavy atom. The molecule has 4 heteroatoms. The van der Waals surface area contributed by atoms with Crippen molar-refractivity contribution >= 4 is 34.3 Å². The normalized spacial score (nSPS) is 12.3. The molecule has 2 aromatic rings. The molecule has 0 heterocycles. The van der Waals surface area contributed by atoms with Crippen LogP contribution in [0.4, 0.5) is 10.1 Å². The van der Waals surface area contributed by atoms with E-state index >= 15 is 0 Å². The molecule has 26 heavy (non-hydrogen) atoms. The molecule has 2 rings (SSSR count). The fourth-order valence-corrected chi connectivity index (χ4v) is 4.22. The van der Waals surface area contributed by atoms with Gasteiger partial charge in [0.1, 0.15) is 5.82 Å². The lowest BCUT2D eigenvalue weighted by molar-refractivity contribution is 0.554. The number of nitrogens with zero attached hydrogens (tertiary/aromatic N) is 1. The van der Waals surface area contributed by atoms with Gasteiger partial charge in [0.25, 0.3) is 0 Å². The number of aryl methyl sites for hydroxylation is 1. The zero-order chi connectivity index (χ0) is 18.8. The van der Waals surface area contributed by atoms with Gasteiger partial charge in [0.05, 0.1) is 10.7 Å². The zero-order valence-electron chi connectivity index (χ0n) is 15.6. The summed E-state index contributed by atoms with van der Waals surface area (Å²) in [6, 6.07) is 14.8. The van der Waals surface area contributed by atoms with Crippen LogP contribution >= 0.6 is 23.5 Å². The van der Waals surface area contributed by atoms with Crippen molar-refractivity contribution in [2.45, 2.75) is 38.5 Å². The number of thioether (sulfide) groups is 2. The highest BCUT2D eigenvalue weighted by Gasteiger charge is 2.06. The van der Waals surface area contributed by atoms with Gasteiger partial charge in [0.2, 0.25) is 0 Å². The van der Waals surface area contributed by atoms with Crippen LogP contribution in [0.15, 0.2) is 69.9 Å². The fraction of sp³-hybridized carbons (Fsp3) is 0.318. The van der Waals surface area contributed by atoms with E-state index in [1.54, 1.807) is 35.7 Å². The summed E-state index contributed by atoms with van der Waals surface area (Å²) in [5, 5.41) is 3.04. The van der Waals surface area contributed by atoms with Gasteiger partial charge in [0, 0.05) is 10.6 Å². The second-order valence-corrected chi connectivity index (χ2v) is 8.17. The second-order valence-electron chi connectivity index (χ2n) is 6.15. The molecule has 0 saturated heterocycles. The molecule has 0 spiro atoms. The van der Waals surface area contributed by atoms with E-state index in [4.69, 9.17) is 4.99 Å². The van der Waals surface area contributed by atoms with Gasteiger partial charge in [-0.2, -0.15) is 0 Å². The summed E-state index contributed by atoms with van der Waals surface area (Å²) in [6.07, 6.45) is 4.44. The van der Waals surface area contributed by atoms with Crippen molar-refractivity contribution in [3.63, 3.8) is 0 Å². The molecule has 0 aliphatic heterocycles. The Morgan fingerprint density at radius 2 is 1.69 bits per heavy atom. The Hall–Kier alpha value is -1.52. The number of hydrogen-bond donors (Lipinski definition) is 0. The highest BCUT2D eigenvalue weighted by molar-refractivity contribution is 8.14. The predicted octanol–water partition coefficient (Wildman–Crippen LogP) is 7.64.